The van der Waals surface area contributed by atoms with Crippen LogP contribution < -0.4 is 10.6 Å². The first-order valence-electron chi connectivity index (χ1n) is 7.40. The molecule has 0 radical (unpaired) electrons. The molecule has 0 aromatic heterocycles. The molecular weight excluding hydrogens is 360 g/mol. The van der Waals surface area contributed by atoms with Gasteiger partial charge in [-0.25, -0.2) is 0 Å². The van der Waals surface area contributed by atoms with Crippen molar-refractivity contribution >= 4 is 27.5 Å². The van der Waals surface area contributed by atoms with Gasteiger partial charge >= 0.3 is 0 Å². The number of nitriles is 1. The number of hydrogen-bond acceptors (Lipinski definition) is 5. The average Bonchev–Trinajstić information content (AvgIpc) is 2.58. The van der Waals surface area contributed by atoms with Crippen molar-refractivity contribution < 1.29 is 9.53 Å². The minimum atomic E-state index is -0.375. The summed E-state index contributed by atoms with van der Waals surface area (Å²) in [6.45, 7) is 4.47. The molecule has 0 atom stereocenters. The second-order valence-electron chi connectivity index (χ2n) is 5.00. The monoisotopic (exact) mass is 378 g/mol. The van der Waals surface area contributed by atoms with Gasteiger partial charge in [0.1, 0.15) is 11.6 Å². The molecule has 2 rings (SSSR count). The number of amides is 1. The SMILES string of the molecule is N#C/C(=C/Nc1ccccc1Br)C(=O)NCCN1CCOCC1. The maximum absolute atomic E-state index is 12.0. The number of carbonyl (C=O) groups excluding carboxylic acids is 1. The van der Waals surface area contributed by atoms with Crippen molar-refractivity contribution in [3.8, 4) is 6.07 Å². The molecule has 1 aromatic rings. The molecule has 0 spiro atoms. The number of hydrogen-bond donors (Lipinski definition) is 2. The molecule has 23 heavy (non-hydrogen) atoms. The van der Waals surface area contributed by atoms with E-state index in [0.717, 1.165) is 43.0 Å². The van der Waals surface area contributed by atoms with Crippen molar-refractivity contribution in [1.82, 2.24) is 10.2 Å². The van der Waals surface area contributed by atoms with Crippen molar-refractivity contribution in [2.45, 2.75) is 0 Å². The van der Waals surface area contributed by atoms with E-state index in [1.54, 1.807) is 0 Å². The Bertz CT molecular complexity index is 606. The first kappa shape index (κ1) is 17.5. The number of benzene rings is 1. The highest BCUT2D eigenvalue weighted by molar-refractivity contribution is 9.10. The third-order valence-corrected chi connectivity index (χ3v) is 4.12. The van der Waals surface area contributed by atoms with Crippen LogP contribution in [0.2, 0.25) is 0 Å². The number of morpholine rings is 1. The van der Waals surface area contributed by atoms with Crippen molar-refractivity contribution in [3.05, 3.63) is 40.5 Å². The number of nitrogens with one attached hydrogen (secondary N) is 2. The minimum absolute atomic E-state index is 0.0442. The fourth-order valence-corrected chi connectivity index (χ4v) is 2.52. The van der Waals surface area contributed by atoms with Crippen LogP contribution >= 0.6 is 15.9 Å². The molecule has 7 heteroatoms. The molecule has 0 aliphatic carbocycles. The second-order valence-corrected chi connectivity index (χ2v) is 5.86. The Morgan fingerprint density at radius 2 is 2.13 bits per heavy atom. The van der Waals surface area contributed by atoms with Crippen LogP contribution in [-0.4, -0.2) is 50.2 Å². The molecule has 1 aliphatic rings. The van der Waals surface area contributed by atoms with Gasteiger partial charge in [0.25, 0.3) is 5.91 Å². The predicted molar refractivity (Wildman–Crippen MR) is 91.7 cm³/mol. The highest BCUT2D eigenvalue weighted by atomic mass is 79.9. The summed E-state index contributed by atoms with van der Waals surface area (Å²) in [5.41, 5.74) is 0.837. The Hall–Kier alpha value is -1.88. The zero-order valence-corrected chi connectivity index (χ0v) is 14.3. The lowest BCUT2D eigenvalue weighted by atomic mass is 10.2. The molecule has 0 saturated carbocycles. The van der Waals surface area contributed by atoms with Gasteiger partial charge in [0.2, 0.25) is 0 Å². The Morgan fingerprint density at radius 3 is 2.83 bits per heavy atom. The van der Waals surface area contributed by atoms with Crippen LogP contribution in [0.1, 0.15) is 0 Å². The van der Waals surface area contributed by atoms with E-state index in [2.05, 4.69) is 31.5 Å². The Labute approximate surface area is 144 Å². The molecule has 1 amide bonds. The molecule has 6 nitrogen and oxygen atoms in total. The predicted octanol–water partition coefficient (Wildman–Crippen LogP) is 1.72. The van der Waals surface area contributed by atoms with Crippen LogP contribution in [-0.2, 0) is 9.53 Å². The molecule has 1 aliphatic heterocycles. The minimum Gasteiger partial charge on any atom is -0.379 e. The van der Waals surface area contributed by atoms with Crippen LogP contribution in [0.25, 0.3) is 0 Å². The van der Waals surface area contributed by atoms with E-state index in [1.165, 1.54) is 6.20 Å². The van der Waals surface area contributed by atoms with E-state index >= 15 is 0 Å². The van der Waals surface area contributed by atoms with Crippen molar-refractivity contribution in [2.24, 2.45) is 0 Å². The largest absolute Gasteiger partial charge is 0.379 e. The number of anilines is 1. The lowest BCUT2D eigenvalue weighted by molar-refractivity contribution is -0.117. The molecule has 0 bridgehead atoms. The molecule has 122 valence electrons. The topological polar surface area (TPSA) is 77.4 Å². The Morgan fingerprint density at radius 1 is 1.39 bits per heavy atom. The van der Waals surface area contributed by atoms with Gasteiger partial charge in [-0.15, -0.1) is 0 Å². The molecule has 1 saturated heterocycles. The van der Waals surface area contributed by atoms with Gasteiger partial charge in [-0.05, 0) is 28.1 Å². The maximum atomic E-state index is 12.0. The summed E-state index contributed by atoms with van der Waals surface area (Å²) >= 11 is 3.40. The molecular formula is C16H19BrN4O2. The Balaban J connectivity index is 1.82. The molecule has 1 heterocycles. The van der Waals surface area contributed by atoms with Crippen LogP contribution in [0.15, 0.2) is 40.5 Å². The third kappa shape index (κ3) is 5.67. The second kappa shape index (κ2) is 9.30. The standard InChI is InChI=1S/C16H19BrN4O2/c17-14-3-1-2-4-15(14)20-12-13(11-18)16(22)19-5-6-21-7-9-23-10-8-21/h1-4,12,20H,5-10H2,(H,19,22)/b13-12-. The summed E-state index contributed by atoms with van der Waals surface area (Å²) in [5, 5.41) is 14.9. The summed E-state index contributed by atoms with van der Waals surface area (Å²) in [7, 11) is 0. The summed E-state index contributed by atoms with van der Waals surface area (Å²) in [5.74, 6) is -0.375. The summed E-state index contributed by atoms with van der Waals surface area (Å²) in [6.07, 6.45) is 1.42. The number of ether oxygens (including phenoxy) is 1. The van der Waals surface area contributed by atoms with E-state index in [-0.39, 0.29) is 11.5 Å². The Kier molecular flexibility index (Phi) is 7.07. The maximum Gasteiger partial charge on any atom is 0.263 e. The van der Waals surface area contributed by atoms with Crippen molar-refractivity contribution in [3.63, 3.8) is 0 Å². The van der Waals surface area contributed by atoms with E-state index < -0.39 is 0 Å². The van der Waals surface area contributed by atoms with Gasteiger partial charge in [-0.2, -0.15) is 5.26 Å². The molecule has 0 unspecified atom stereocenters. The molecule has 1 aromatic carbocycles. The average molecular weight is 379 g/mol. The zero-order valence-electron chi connectivity index (χ0n) is 12.7. The summed E-state index contributed by atoms with van der Waals surface area (Å²) in [6, 6.07) is 9.41. The molecule has 1 fully saturated rings. The first-order chi connectivity index (χ1) is 11.2. The van der Waals surface area contributed by atoms with Crippen molar-refractivity contribution in [2.75, 3.05) is 44.7 Å². The van der Waals surface area contributed by atoms with Gasteiger partial charge in [-0.3, -0.25) is 9.69 Å². The van der Waals surface area contributed by atoms with E-state index in [9.17, 15) is 4.79 Å². The first-order valence-corrected chi connectivity index (χ1v) is 8.19. The highest BCUT2D eigenvalue weighted by Gasteiger charge is 2.12. The van der Waals surface area contributed by atoms with Crippen LogP contribution in [0.3, 0.4) is 0 Å². The lowest BCUT2D eigenvalue weighted by Crippen LogP contribution is -2.41. The van der Waals surface area contributed by atoms with E-state index in [1.807, 2.05) is 30.3 Å². The fraction of sp³-hybridized carbons (Fsp3) is 0.375. The molecule has 2 N–H and O–H groups in total. The van der Waals surface area contributed by atoms with E-state index in [4.69, 9.17) is 10.00 Å². The third-order valence-electron chi connectivity index (χ3n) is 3.43. The quantitative estimate of drug-likeness (QED) is 0.582. The van der Waals surface area contributed by atoms with Crippen LogP contribution in [0, 0.1) is 11.3 Å². The normalized spacial score (nSPS) is 15.7. The number of nitrogens with zero attached hydrogens (tertiary/aromatic N) is 2. The van der Waals surface area contributed by atoms with Gasteiger partial charge < -0.3 is 15.4 Å². The lowest BCUT2D eigenvalue weighted by Gasteiger charge is -2.26. The highest BCUT2D eigenvalue weighted by Crippen LogP contribution is 2.21. The number of halogens is 1. The summed E-state index contributed by atoms with van der Waals surface area (Å²) in [4.78, 5) is 14.2. The van der Waals surface area contributed by atoms with Gasteiger partial charge in [0.05, 0.1) is 18.9 Å². The number of rotatable bonds is 6. The van der Waals surface area contributed by atoms with Crippen LogP contribution in [0.5, 0.6) is 0 Å². The number of para-hydroxylation sites is 1. The number of carbonyl (C=O) groups is 1. The fourth-order valence-electron chi connectivity index (χ4n) is 2.12. The van der Waals surface area contributed by atoms with Gasteiger partial charge in [0, 0.05) is 36.9 Å². The zero-order chi connectivity index (χ0) is 16.5. The van der Waals surface area contributed by atoms with Crippen LogP contribution in [0.4, 0.5) is 5.69 Å². The van der Waals surface area contributed by atoms with Gasteiger partial charge in [-0.1, -0.05) is 12.1 Å². The summed E-state index contributed by atoms with van der Waals surface area (Å²) < 4.78 is 6.14. The van der Waals surface area contributed by atoms with Crippen molar-refractivity contribution in [1.29, 1.82) is 5.26 Å². The van der Waals surface area contributed by atoms with Gasteiger partial charge in [0.15, 0.2) is 0 Å². The van der Waals surface area contributed by atoms with E-state index in [0.29, 0.717) is 6.54 Å². The smallest absolute Gasteiger partial charge is 0.263 e.